The lowest BCUT2D eigenvalue weighted by Crippen LogP contribution is -2.74. The van der Waals surface area contributed by atoms with Crippen molar-refractivity contribution in [2.45, 2.75) is 62.8 Å². The Bertz CT molecular complexity index is 1020. The van der Waals surface area contributed by atoms with Crippen LogP contribution in [0, 0.1) is 23.2 Å². The Hall–Kier alpha value is -1.77. The molecule has 0 aromatic heterocycles. The largest absolute Gasteiger partial charge is 0.406 e. The van der Waals surface area contributed by atoms with Crippen LogP contribution >= 0.6 is 8.69 Å². The molecule has 3 aliphatic carbocycles. The van der Waals surface area contributed by atoms with Gasteiger partial charge in [-0.25, -0.2) is 9.45 Å². The number of ether oxygens (including phenoxy) is 1. The van der Waals surface area contributed by atoms with Gasteiger partial charge in [-0.3, -0.25) is 0 Å². The molecule has 0 N–H and O–H groups in total. The first-order valence-electron chi connectivity index (χ1n) is 11.7. The molecule has 0 amide bonds. The second-order valence-corrected chi connectivity index (χ2v) is 8.72. The van der Waals surface area contributed by atoms with Crippen LogP contribution in [0.3, 0.4) is 0 Å². The average molecular weight is 416 g/mol. The Balaban J connectivity index is 1.68. The molecule has 1 saturated heterocycles. The molecule has 5 rings (SSSR count). The molecule has 6 nitrogen and oxygen atoms in total. The summed E-state index contributed by atoms with van der Waals surface area (Å²) in [5.41, 5.74) is 2.45. The van der Waals surface area contributed by atoms with E-state index in [1.54, 1.807) is 6.07 Å². The molecule has 152 valence electrons. The lowest BCUT2D eigenvalue weighted by Gasteiger charge is -2.65. The van der Waals surface area contributed by atoms with E-state index in [9.17, 15) is 9.83 Å². The van der Waals surface area contributed by atoms with E-state index in [1.165, 1.54) is 29.7 Å². The van der Waals surface area contributed by atoms with Crippen LogP contribution in [-0.4, -0.2) is 12.6 Å². The summed E-state index contributed by atoms with van der Waals surface area (Å²) in [6.45, 7) is 0. The molecule has 1 aromatic rings. The quantitative estimate of drug-likeness (QED) is 0.375. The Kier molecular flexibility index (Phi) is 3.96. The number of methoxy groups -OCH3 is 1. The van der Waals surface area contributed by atoms with Crippen molar-refractivity contribution < 1.29 is 27.7 Å². The monoisotopic (exact) mass is 416 g/mol. The fourth-order valence-electron chi connectivity index (χ4n) is 6.11. The molecule has 2 bridgehead atoms. The Morgan fingerprint density at radius 3 is 2.93 bits per heavy atom. The zero-order chi connectivity index (χ0) is 22.6. The highest BCUT2D eigenvalue weighted by Crippen LogP contribution is 2.66. The van der Waals surface area contributed by atoms with E-state index in [2.05, 4.69) is 0 Å². The number of rotatable bonds is 4. The van der Waals surface area contributed by atoms with Crippen LogP contribution in [0.25, 0.3) is 0 Å². The molecular formula is C22H24NO5P. The van der Waals surface area contributed by atoms with E-state index >= 15 is 0 Å². The summed E-state index contributed by atoms with van der Waals surface area (Å²) in [6, 6.07) is 6.59. The molecule has 7 heteroatoms. The molecule has 1 saturated carbocycles. The van der Waals surface area contributed by atoms with Crippen molar-refractivity contribution in [3.05, 3.63) is 40.5 Å². The number of benzene rings is 1. The van der Waals surface area contributed by atoms with Crippen LogP contribution in [0.5, 0.6) is 5.75 Å². The van der Waals surface area contributed by atoms with Gasteiger partial charge in [-0.15, -0.1) is 0 Å². The maximum Gasteiger partial charge on any atom is 0.395 e. The van der Waals surface area contributed by atoms with E-state index in [0.717, 1.165) is 44.9 Å². The van der Waals surface area contributed by atoms with Gasteiger partial charge < -0.3 is 9.26 Å². The van der Waals surface area contributed by atoms with Gasteiger partial charge in [0.2, 0.25) is 0 Å². The van der Waals surface area contributed by atoms with Gasteiger partial charge in [-0.2, -0.15) is 10.1 Å². The van der Waals surface area contributed by atoms with Gasteiger partial charge in [0.1, 0.15) is 6.07 Å². The van der Waals surface area contributed by atoms with Gasteiger partial charge in [0, 0.05) is 24.4 Å². The minimum absolute atomic E-state index is 0.000884. The van der Waals surface area contributed by atoms with E-state index in [0.29, 0.717) is 5.56 Å². The molecule has 4 atom stereocenters. The zero-order valence-corrected chi connectivity index (χ0v) is 16.9. The number of nitriles is 1. The Labute approximate surface area is 176 Å². The van der Waals surface area contributed by atoms with Crippen molar-refractivity contribution in [1.29, 1.82) is 5.26 Å². The molecular weight excluding hydrogens is 389 g/mol. The van der Waals surface area contributed by atoms with Crippen molar-refractivity contribution >= 4 is 8.69 Å². The van der Waals surface area contributed by atoms with Crippen molar-refractivity contribution in [3.8, 4) is 11.8 Å². The van der Waals surface area contributed by atoms with Gasteiger partial charge >= 0.3 is 8.69 Å². The SMILES string of the molecule is [2H]C([2H])([2H])OC1(c2ccc(C#N)c(OP=O)c2)OOC12C1CCCC2C2=C(CCCC2)C1. The van der Waals surface area contributed by atoms with Gasteiger partial charge in [-0.05, 0) is 57.1 Å². The third-order valence-electron chi connectivity index (χ3n) is 7.28. The summed E-state index contributed by atoms with van der Waals surface area (Å²) in [5, 5.41) is 9.38. The number of hydrogen-bond donors (Lipinski definition) is 0. The molecule has 0 radical (unpaired) electrons. The molecule has 4 aliphatic rings. The minimum Gasteiger partial charge on any atom is -0.406 e. The summed E-state index contributed by atoms with van der Waals surface area (Å²) in [6.07, 6.45) is 8.03. The molecule has 1 aliphatic heterocycles. The minimum atomic E-state index is -2.75. The normalized spacial score (nSPS) is 37.7. The molecule has 1 aromatic carbocycles. The molecule has 4 unspecified atom stereocenters. The molecule has 29 heavy (non-hydrogen) atoms. The molecule has 2 fully saturated rings. The summed E-state index contributed by atoms with van der Waals surface area (Å²) < 4.78 is 45.7. The van der Waals surface area contributed by atoms with Crippen LogP contribution in [0.1, 0.15) is 66.6 Å². The maximum absolute atomic E-state index is 11.1. The Morgan fingerprint density at radius 2 is 2.17 bits per heavy atom. The number of fused-ring (bicyclic) bond motifs is 1. The van der Waals surface area contributed by atoms with Gasteiger partial charge in [0.15, 0.2) is 11.4 Å². The van der Waals surface area contributed by atoms with Gasteiger partial charge in [0.25, 0.3) is 5.79 Å². The highest BCUT2D eigenvalue weighted by Gasteiger charge is 2.75. The average Bonchev–Trinajstić information content (AvgIpc) is 2.76. The van der Waals surface area contributed by atoms with E-state index in [4.69, 9.17) is 23.1 Å². The lowest BCUT2D eigenvalue weighted by atomic mass is 9.53. The number of hydrogen-bond acceptors (Lipinski definition) is 6. The van der Waals surface area contributed by atoms with Gasteiger partial charge in [0.05, 0.1) is 9.68 Å². The zero-order valence-electron chi connectivity index (χ0n) is 19.0. The van der Waals surface area contributed by atoms with Crippen molar-refractivity contribution in [3.63, 3.8) is 0 Å². The summed E-state index contributed by atoms with van der Waals surface area (Å²) in [5.74, 6) is -1.57. The van der Waals surface area contributed by atoms with Crippen LogP contribution in [0.2, 0.25) is 0 Å². The first-order chi connectivity index (χ1) is 15.3. The van der Waals surface area contributed by atoms with E-state index in [1.807, 2.05) is 6.07 Å². The highest BCUT2D eigenvalue weighted by atomic mass is 31.1. The first kappa shape index (κ1) is 16.0. The predicted octanol–water partition coefficient (Wildman–Crippen LogP) is 5.33. The fourth-order valence-corrected chi connectivity index (χ4v) is 6.34. The standard InChI is InChI=1S/C22H24NO5P/c1-25-22(17-10-9-15(13-23)20(12-17)26-29-24)21(27-28-22)16-6-4-8-19(21)18-7-3-2-5-14(18)11-16/h9-10,12,16,19H,2-8,11H2,1H3/i1D3. The van der Waals surface area contributed by atoms with Crippen molar-refractivity contribution in [2.75, 3.05) is 7.04 Å². The molecule has 1 heterocycles. The van der Waals surface area contributed by atoms with Crippen LogP contribution in [-0.2, 0) is 24.9 Å². The highest BCUT2D eigenvalue weighted by molar-refractivity contribution is 7.17. The smallest absolute Gasteiger partial charge is 0.395 e. The second-order valence-electron chi connectivity index (χ2n) is 8.39. The Morgan fingerprint density at radius 1 is 1.28 bits per heavy atom. The number of allylic oxidation sites excluding steroid dienone is 1. The van der Waals surface area contributed by atoms with Crippen LogP contribution in [0.4, 0.5) is 0 Å². The first-order valence-corrected chi connectivity index (χ1v) is 10.9. The van der Waals surface area contributed by atoms with Crippen LogP contribution < -0.4 is 4.52 Å². The summed E-state index contributed by atoms with van der Waals surface area (Å²) >= 11 is 0. The predicted molar refractivity (Wildman–Crippen MR) is 104 cm³/mol. The lowest BCUT2D eigenvalue weighted by molar-refractivity contribution is -0.639. The third kappa shape index (κ3) is 2.52. The topological polar surface area (TPSA) is 77.8 Å². The summed E-state index contributed by atoms with van der Waals surface area (Å²) in [4.78, 5) is 11.6. The second kappa shape index (κ2) is 7.18. The molecule has 1 spiro atoms. The van der Waals surface area contributed by atoms with Crippen molar-refractivity contribution in [1.82, 2.24) is 0 Å². The van der Waals surface area contributed by atoms with Gasteiger partial charge in [-0.1, -0.05) is 23.6 Å². The summed E-state index contributed by atoms with van der Waals surface area (Å²) in [7, 11) is -3.37. The number of nitrogens with zero attached hydrogens (tertiary/aromatic N) is 1. The van der Waals surface area contributed by atoms with Crippen LogP contribution in [0.15, 0.2) is 29.3 Å². The van der Waals surface area contributed by atoms with E-state index < -0.39 is 27.1 Å². The van der Waals surface area contributed by atoms with E-state index in [-0.39, 0.29) is 23.1 Å². The third-order valence-corrected chi connectivity index (χ3v) is 7.56. The van der Waals surface area contributed by atoms with Crippen molar-refractivity contribution in [2.24, 2.45) is 11.8 Å². The fraction of sp³-hybridized carbons (Fsp3) is 0.591. The maximum atomic E-state index is 11.1.